The number of aromatic nitrogens is 2. The van der Waals surface area contributed by atoms with E-state index in [0.717, 1.165) is 16.8 Å². The van der Waals surface area contributed by atoms with E-state index in [0.29, 0.717) is 5.56 Å². The lowest BCUT2D eigenvalue weighted by atomic mass is 10.1. The van der Waals surface area contributed by atoms with Gasteiger partial charge in [0, 0.05) is 24.0 Å². The van der Waals surface area contributed by atoms with Crippen molar-refractivity contribution >= 4 is 17.5 Å². The number of aryl methyl sites for hydroxylation is 1. The molecule has 2 N–H and O–H groups in total. The van der Waals surface area contributed by atoms with Gasteiger partial charge >= 0.3 is 0 Å². The number of hydrogen-bond donors (Lipinski definition) is 2. The highest BCUT2D eigenvalue weighted by molar-refractivity contribution is 6.03. The lowest BCUT2D eigenvalue weighted by Crippen LogP contribution is -2.16. The summed E-state index contributed by atoms with van der Waals surface area (Å²) in [6.07, 6.45) is 1.49. The molecule has 6 heteroatoms. The topological polar surface area (TPSA) is 66.9 Å². The van der Waals surface area contributed by atoms with Crippen LogP contribution in [0.3, 0.4) is 0 Å². The van der Waals surface area contributed by atoms with E-state index in [1.165, 1.54) is 18.3 Å². The summed E-state index contributed by atoms with van der Waals surface area (Å²) in [5.41, 5.74) is 3.58. The predicted octanol–water partition coefficient (Wildman–Crippen LogP) is 4.10. The van der Waals surface area contributed by atoms with Crippen LogP contribution < -0.4 is 10.6 Å². The van der Waals surface area contributed by atoms with Gasteiger partial charge in [0.25, 0.3) is 5.91 Å². The first kappa shape index (κ1) is 17.5. The molecule has 0 aliphatic heterocycles. The molecule has 3 rings (SSSR count). The summed E-state index contributed by atoms with van der Waals surface area (Å²) in [6, 6.07) is 13.7. The van der Waals surface area contributed by atoms with Crippen LogP contribution in [0.1, 0.15) is 27.2 Å². The Morgan fingerprint density at radius 1 is 1.08 bits per heavy atom. The molecule has 0 aliphatic rings. The Morgan fingerprint density at radius 2 is 1.88 bits per heavy atom. The van der Waals surface area contributed by atoms with Gasteiger partial charge < -0.3 is 10.6 Å². The zero-order chi connectivity index (χ0) is 18.5. The molecule has 1 amide bonds. The van der Waals surface area contributed by atoms with Crippen LogP contribution in [0.25, 0.3) is 0 Å². The summed E-state index contributed by atoms with van der Waals surface area (Å²) in [5, 5.41) is 5.80. The zero-order valence-corrected chi connectivity index (χ0v) is 14.6. The number of rotatable bonds is 5. The van der Waals surface area contributed by atoms with E-state index in [2.05, 4.69) is 20.6 Å². The number of carbonyl (C=O) groups is 1. The second-order valence-electron chi connectivity index (χ2n) is 5.91. The van der Waals surface area contributed by atoms with E-state index in [1.807, 2.05) is 32.0 Å². The fourth-order valence-corrected chi connectivity index (χ4v) is 2.46. The van der Waals surface area contributed by atoms with Crippen molar-refractivity contribution in [1.29, 1.82) is 0 Å². The summed E-state index contributed by atoms with van der Waals surface area (Å²) in [5.74, 6) is -0.360. The maximum Gasteiger partial charge on any atom is 0.274 e. The minimum absolute atomic E-state index is 0.231. The fourth-order valence-electron chi connectivity index (χ4n) is 2.46. The molecule has 132 valence electrons. The molecule has 0 aliphatic carbocycles. The predicted molar refractivity (Wildman–Crippen MR) is 99.6 cm³/mol. The third kappa shape index (κ3) is 4.03. The first-order chi connectivity index (χ1) is 12.5. The largest absolute Gasteiger partial charge is 0.350 e. The number of halogens is 1. The van der Waals surface area contributed by atoms with Crippen molar-refractivity contribution in [2.75, 3.05) is 10.6 Å². The molecular weight excluding hydrogens is 331 g/mol. The summed E-state index contributed by atoms with van der Waals surface area (Å²) in [6.45, 7) is 4.17. The highest BCUT2D eigenvalue weighted by atomic mass is 19.1. The van der Waals surface area contributed by atoms with E-state index >= 15 is 0 Å². The Morgan fingerprint density at radius 3 is 2.69 bits per heavy atom. The standard InChI is InChI=1S/C20H19FN4O/c1-13-6-5-9-17(14(13)2)24-19(26)18-10-11-22-20(25-18)23-12-15-7-3-4-8-16(15)21/h3-11H,12H2,1-2H3,(H,24,26)(H,22,23,25). The van der Waals surface area contributed by atoms with Gasteiger partial charge in [-0.05, 0) is 43.2 Å². The number of nitrogens with zero attached hydrogens (tertiary/aromatic N) is 2. The molecule has 0 spiro atoms. The Labute approximate surface area is 151 Å². The summed E-state index contributed by atoms with van der Waals surface area (Å²) < 4.78 is 13.7. The van der Waals surface area contributed by atoms with E-state index in [1.54, 1.807) is 18.2 Å². The SMILES string of the molecule is Cc1cccc(NC(=O)c2ccnc(NCc3ccccc3F)n2)c1C. The van der Waals surface area contributed by atoms with Crippen LogP contribution in [-0.2, 0) is 6.54 Å². The molecule has 0 saturated carbocycles. The Bertz CT molecular complexity index is 943. The third-order valence-electron chi connectivity index (χ3n) is 4.14. The lowest BCUT2D eigenvalue weighted by Gasteiger charge is -2.11. The van der Waals surface area contributed by atoms with Gasteiger partial charge in [0.2, 0.25) is 5.95 Å². The zero-order valence-electron chi connectivity index (χ0n) is 14.6. The molecule has 0 unspecified atom stereocenters. The second-order valence-corrected chi connectivity index (χ2v) is 5.91. The monoisotopic (exact) mass is 350 g/mol. The van der Waals surface area contributed by atoms with E-state index in [-0.39, 0.29) is 29.9 Å². The highest BCUT2D eigenvalue weighted by Crippen LogP contribution is 2.18. The van der Waals surface area contributed by atoms with Crippen molar-refractivity contribution in [1.82, 2.24) is 9.97 Å². The van der Waals surface area contributed by atoms with Crippen LogP contribution in [0.15, 0.2) is 54.7 Å². The maximum absolute atomic E-state index is 13.7. The van der Waals surface area contributed by atoms with E-state index < -0.39 is 0 Å². The lowest BCUT2D eigenvalue weighted by molar-refractivity contribution is 0.102. The van der Waals surface area contributed by atoms with Gasteiger partial charge in [0.15, 0.2) is 0 Å². The fraction of sp³-hybridized carbons (Fsp3) is 0.150. The highest BCUT2D eigenvalue weighted by Gasteiger charge is 2.11. The second kappa shape index (κ2) is 7.74. The number of carbonyl (C=O) groups excluding carboxylic acids is 1. The van der Waals surface area contributed by atoms with Crippen LogP contribution in [0.4, 0.5) is 16.0 Å². The molecular formula is C20H19FN4O. The normalized spacial score (nSPS) is 10.4. The summed E-state index contributed by atoms with van der Waals surface area (Å²) in [4.78, 5) is 20.8. The molecule has 1 aromatic heterocycles. The van der Waals surface area contributed by atoms with Gasteiger partial charge in [0.1, 0.15) is 11.5 Å². The number of benzene rings is 2. The maximum atomic E-state index is 13.7. The van der Waals surface area contributed by atoms with Gasteiger partial charge in [-0.2, -0.15) is 0 Å². The van der Waals surface area contributed by atoms with Crippen molar-refractivity contribution in [2.24, 2.45) is 0 Å². The smallest absolute Gasteiger partial charge is 0.274 e. The molecule has 0 fully saturated rings. The van der Waals surface area contributed by atoms with Crippen LogP contribution in [0, 0.1) is 19.7 Å². The molecule has 0 saturated heterocycles. The van der Waals surface area contributed by atoms with Crippen LogP contribution >= 0.6 is 0 Å². The summed E-state index contributed by atoms with van der Waals surface area (Å²) >= 11 is 0. The minimum atomic E-state index is -0.324. The van der Waals surface area contributed by atoms with E-state index in [4.69, 9.17) is 0 Å². The number of nitrogens with one attached hydrogen (secondary N) is 2. The number of amides is 1. The van der Waals surface area contributed by atoms with Gasteiger partial charge in [-0.1, -0.05) is 30.3 Å². The minimum Gasteiger partial charge on any atom is -0.350 e. The van der Waals surface area contributed by atoms with Gasteiger partial charge in [-0.25, -0.2) is 14.4 Å². The van der Waals surface area contributed by atoms with Crippen LogP contribution in [0.2, 0.25) is 0 Å². The Balaban J connectivity index is 1.71. The molecule has 3 aromatic rings. The van der Waals surface area contributed by atoms with Crippen molar-refractivity contribution in [2.45, 2.75) is 20.4 Å². The molecule has 0 bridgehead atoms. The molecule has 0 atom stereocenters. The van der Waals surface area contributed by atoms with Crippen molar-refractivity contribution in [3.63, 3.8) is 0 Å². The van der Waals surface area contributed by atoms with Crippen molar-refractivity contribution in [3.05, 3.63) is 82.9 Å². The van der Waals surface area contributed by atoms with Gasteiger partial charge in [-0.15, -0.1) is 0 Å². The molecule has 0 radical (unpaired) electrons. The molecule has 1 heterocycles. The van der Waals surface area contributed by atoms with Crippen molar-refractivity contribution < 1.29 is 9.18 Å². The van der Waals surface area contributed by atoms with Crippen LogP contribution in [-0.4, -0.2) is 15.9 Å². The molecule has 2 aromatic carbocycles. The van der Waals surface area contributed by atoms with E-state index in [9.17, 15) is 9.18 Å². The Kier molecular flexibility index (Phi) is 5.22. The first-order valence-electron chi connectivity index (χ1n) is 8.22. The first-order valence-corrected chi connectivity index (χ1v) is 8.22. The average molecular weight is 350 g/mol. The molecule has 26 heavy (non-hydrogen) atoms. The molecule has 5 nitrogen and oxygen atoms in total. The van der Waals surface area contributed by atoms with Crippen molar-refractivity contribution in [3.8, 4) is 0 Å². The Hall–Kier alpha value is -3.28. The average Bonchev–Trinajstić information content (AvgIpc) is 2.65. The van der Waals surface area contributed by atoms with Crippen LogP contribution in [0.5, 0.6) is 0 Å². The third-order valence-corrected chi connectivity index (χ3v) is 4.14. The number of anilines is 2. The van der Waals surface area contributed by atoms with Gasteiger partial charge in [0.05, 0.1) is 0 Å². The summed E-state index contributed by atoms with van der Waals surface area (Å²) in [7, 11) is 0. The van der Waals surface area contributed by atoms with Gasteiger partial charge in [-0.3, -0.25) is 4.79 Å². The number of hydrogen-bond acceptors (Lipinski definition) is 4. The quantitative estimate of drug-likeness (QED) is 0.727.